The van der Waals surface area contributed by atoms with Gasteiger partial charge < -0.3 is 10.4 Å². The summed E-state index contributed by atoms with van der Waals surface area (Å²) < 4.78 is 1.38. The number of carboxylic acid groups (broad SMARTS) is 1. The molecule has 0 aliphatic carbocycles. The number of hydrogen-bond acceptors (Lipinski definition) is 4. The van der Waals surface area contributed by atoms with Gasteiger partial charge in [0.2, 0.25) is 5.91 Å². The van der Waals surface area contributed by atoms with Gasteiger partial charge in [-0.05, 0) is 60.2 Å². The maximum Gasteiger partial charge on any atom is 0.305 e. The zero-order valence-corrected chi connectivity index (χ0v) is 21.0. The highest BCUT2D eigenvalue weighted by atomic mass is 16.4. The molecule has 188 valence electrons. The molecule has 7 heteroatoms. The van der Waals surface area contributed by atoms with E-state index in [0.29, 0.717) is 11.1 Å². The minimum atomic E-state index is -1.06. The lowest BCUT2D eigenvalue weighted by molar-refractivity contribution is -0.137. The van der Waals surface area contributed by atoms with Crippen LogP contribution in [0.4, 0.5) is 0 Å². The standard InChI is InChI=1S/C30H29N3O4/c1-19-12-13-26(34)33(18-19)29(22-10-5-4-6-11-22)30(37)32-25(15-27(35)36)23-14-24(17-31-16-23)28-20(2)8-7-9-21(28)3/h4-14,16-18,25,29H,15H2,1-3H3,(H,32,37)(H,35,36). The first-order chi connectivity index (χ1) is 17.7. The van der Waals surface area contributed by atoms with Gasteiger partial charge in [0.1, 0.15) is 6.04 Å². The minimum absolute atomic E-state index is 0.330. The number of aromatic nitrogens is 2. The SMILES string of the molecule is Cc1ccc(=O)n(C(C(=O)NC(CC(=O)O)c2cncc(-c3c(C)cccc3C)c2)c2ccccc2)c1. The second-order valence-corrected chi connectivity index (χ2v) is 9.20. The van der Waals surface area contributed by atoms with Crippen LogP contribution in [0, 0.1) is 20.8 Å². The molecule has 37 heavy (non-hydrogen) atoms. The Morgan fingerprint density at radius 3 is 2.30 bits per heavy atom. The van der Waals surface area contributed by atoms with Crippen molar-refractivity contribution in [1.29, 1.82) is 0 Å². The number of rotatable bonds is 8. The lowest BCUT2D eigenvalue weighted by atomic mass is 9.94. The zero-order chi connectivity index (χ0) is 26.5. The fourth-order valence-electron chi connectivity index (χ4n) is 4.62. The van der Waals surface area contributed by atoms with Gasteiger partial charge in [-0.15, -0.1) is 0 Å². The Morgan fingerprint density at radius 1 is 0.919 bits per heavy atom. The summed E-state index contributed by atoms with van der Waals surface area (Å²) in [5, 5.41) is 12.6. The van der Waals surface area contributed by atoms with E-state index in [4.69, 9.17) is 0 Å². The summed E-state index contributed by atoms with van der Waals surface area (Å²) in [7, 11) is 0. The summed E-state index contributed by atoms with van der Waals surface area (Å²) in [6.45, 7) is 5.86. The molecule has 0 spiro atoms. The molecule has 2 aromatic carbocycles. The second kappa shape index (κ2) is 11.0. The maximum absolute atomic E-state index is 13.8. The maximum atomic E-state index is 13.8. The van der Waals surface area contributed by atoms with E-state index < -0.39 is 24.0 Å². The van der Waals surface area contributed by atoms with E-state index in [1.54, 1.807) is 48.9 Å². The molecular formula is C30H29N3O4. The van der Waals surface area contributed by atoms with Crippen LogP contribution >= 0.6 is 0 Å². The fourth-order valence-corrected chi connectivity index (χ4v) is 4.62. The van der Waals surface area contributed by atoms with Crippen molar-refractivity contribution in [2.24, 2.45) is 0 Å². The number of carbonyl (C=O) groups excluding carboxylic acids is 1. The molecule has 2 N–H and O–H groups in total. The lowest BCUT2D eigenvalue weighted by Gasteiger charge is -2.24. The van der Waals surface area contributed by atoms with E-state index in [1.807, 2.05) is 51.1 Å². The van der Waals surface area contributed by atoms with Gasteiger partial charge in [-0.3, -0.25) is 23.9 Å². The summed E-state index contributed by atoms with van der Waals surface area (Å²) in [6, 6.07) is 18.1. The third-order valence-corrected chi connectivity index (χ3v) is 6.35. The van der Waals surface area contributed by atoms with Crippen LogP contribution in [0.5, 0.6) is 0 Å². The van der Waals surface area contributed by atoms with Crippen molar-refractivity contribution in [1.82, 2.24) is 14.9 Å². The Hall–Kier alpha value is -4.52. The molecule has 0 saturated carbocycles. The number of nitrogens with one attached hydrogen (secondary N) is 1. The van der Waals surface area contributed by atoms with Crippen molar-refractivity contribution in [2.45, 2.75) is 39.3 Å². The van der Waals surface area contributed by atoms with Crippen molar-refractivity contribution >= 4 is 11.9 Å². The molecule has 0 radical (unpaired) electrons. The predicted molar refractivity (Wildman–Crippen MR) is 142 cm³/mol. The zero-order valence-electron chi connectivity index (χ0n) is 21.0. The highest BCUT2D eigenvalue weighted by molar-refractivity contribution is 5.84. The third-order valence-electron chi connectivity index (χ3n) is 6.35. The van der Waals surface area contributed by atoms with Crippen LogP contribution in [0.25, 0.3) is 11.1 Å². The van der Waals surface area contributed by atoms with Gasteiger partial charge >= 0.3 is 5.97 Å². The van der Waals surface area contributed by atoms with Crippen LogP contribution in [0.15, 0.2) is 90.1 Å². The topological polar surface area (TPSA) is 101 Å². The van der Waals surface area contributed by atoms with Crippen LogP contribution in [0.1, 0.15) is 46.3 Å². The van der Waals surface area contributed by atoms with Gasteiger partial charge in [-0.1, -0.05) is 54.6 Å². The molecule has 4 aromatic rings. The number of carboxylic acids is 1. The second-order valence-electron chi connectivity index (χ2n) is 9.20. The quantitative estimate of drug-likeness (QED) is 0.367. The van der Waals surface area contributed by atoms with E-state index in [-0.39, 0.29) is 12.0 Å². The number of aryl methyl sites for hydroxylation is 3. The number of amides is 1. The highest BCUT2D eigenvalue weighted by Gasteiger charge is 2.28. The van der Waals surface area contributed by atoms with Crippen molar-refractivity contribution in [3.63, 3.8) is 0 Å². The molecule has 2 unspecified atom stereocenters. The Kier molecular flexibility index (Phi) is 7.63. The van der Waals surface area contributed by atoms with E-state index >= 15 is 0 Å². The van der Waals surface area contributed by atoms with Crippen LogP contribution in [0.2, 0.25) is 0 Å². The highest BCUT2D eigenvalue weighted by Crippen LogP contribution is 2.29. The number of benzene rings is 2. The van der Waals surface area contributed by atoms with Crippen LogP contribution in [0.3, 0.4) is 0 Å². The summed E-state index contributed by atoms with van der Waals surface area (Å²) in [5.74, 6) is -1.55. The van der Waals surface area contributed by atoms with E-state index in [0.717, 1.165) is 27.8 Å². The van der Waals surface area contributed by atoms with E-state index in [9.17, 15) is 19.5 Å². The Bertz CT molecular complexity index is 1470. The average molecular weight is 496 g/mol. The molecule has 0 saturated heterocycles. The molecule has 2 aromatic heterocycles. The Balaban J connectivity index is 1.75. The fraction of sp³-hybridized carbons (Fsp3) is 0.200. The summed E-state index contributed by atoms with van der Waals surface area (Å²) in [6.07, 6.45) is 4.60. The first-order valence-corrected chi connectivity index (χ1v) is 12.0. The van der Waals surface area contributed by atoms with Gasteiger partial charge in [0, 0.05) is 30.2 Å². The largest absolute Gasteiger partial charge is 0.481 e. The Morgan fingerprint density at radius 2 is 1.62 bits per heavy atom. The Labute approximate surface area is 215 Å². The van der Waals surface area contributed by atoms with Gasteiger partial charge in [-0.2, -0.15) is 0 Å². The number of hydrogen-bond donors (Lipinski definition) is 2. The van der Waals surface area contributed by atoms with E-state index in [2.05, 4.69) is 10.3 Å². The monoisotopic (exact) mass is 495 g/mol. The van der Waals surface area contributed by atoms with E-state index in [1.165, 1.54) is 10.6 Å². The third kappa shape index (κ3) is 5.83. The van der Waals surface area contributed by atoms with Gasteiger partial charge in [-0.25, -0.2) is 0 Å². The number of aliphatic carboxylic acids is 1. The first kappa shape index (κ1) is 25.6. The molecule has 0 aliphatic heterocycles. The molecule has 1 amide bonds. The summed E-state index contributed by atoms with van der Waals surface area (Å²) in [5.41, 5.74) is 5.67. The van der Waals surface area contributed by atoms with Crippen LogP contribution < -0.4 is 10.9 Å². The van der Waals surface area contributed by atoms with Crippen molar-refractivity contribution in [3.8, 4) is 11.1 Å². The predicted octanol–water partition coefficient (Wildman–Crippen LogP) is 4.76. The molecule has 2 atom stereocenters. The lowest BCUT2D eigenvalue weighted by Crippen LogP contribution is -2.40. The summed E-state index contributed by atoms with van der Waals surface area (Å²) >= 11 is 0. The van der Waals surface area contributed by atoms with Crippen LogP contribution in [-0.4, -0.2) is 26.5 Å². The molecule has 4 rings (SSSR count). The minimum Gasteiger partial charge on any atom is -0.481 e. The first-order valence-electron chi connectivity index (χ1n) is 12.0. The summed E-state index contributed by atoms with van der Waals surface area (Å²) in [4.78, 5) is 42.7. The molecule has 0 aliphatic rings. The molecule has 0 fully saturated rings. The van der Waals surface area contributed by atoms with Gasteiger partial charge in [0.05, 0.1) is 12.5 Å². The van der Waals surface area contributed by atoms with Crippen molar-refractivity contribution in [3.05, 3.63) is 123 Å². The molecule has 2 heterocycles. The normalized spacial score (nSPS) is 12.5. The van der Waals surface area contributed by atoms with Crippen molar-refractivity contribution in [2.75, 3.05) is 0 Å². The average Bonchev–Trinajstić information content (AvgIpc) is 2.86. The number of carbonyl (C=O) groups is 2. The van der Waals surface area contributed by atoms with Crippen LogP contribution in [-0.2, 0) is 9.59 Å². The molecule has 0 bridgehead atoms. The van der Waals surface area contributed by atoms with Gasteiger partial charge in [0.15, 0.2) is 0 Å². The number of pyridine rings is 2. The smallest absolute Gasteiger partial charge is 0.305 e. The molecule has 7 nitrogen and oxygen atoms in total. The van der Waals surface area contributed by atoms with Gasteiger partial charge in [0.25, 0.3) is 5.56 Å². The van der Waals surface area contributed by atoms with Crippen molar-refractivity contribution < 1.29 is 14.7 Å². The number of nitrogens with zero attached hydrogens (tertiary/aromatic N) is 2. The molecular weight excluding hydrogens is 466 g/mol.